The van der Waals surface area contributed by atoms with Crippen LogP contribution in [0.15, 0.2) is 0 Å². The van der Waals surface area contributed by atoms with E-state index in [0.717, 1.165) is 51.4 Å². The fraction of sp³-hybridized carbons (Fsp3) is 1.00. The van der Waals surface area contributed by atoms with Crippen molar-refractivity contribution < 1.29 is 13.6 Å². The van der Waals surface area contributed by atoms with Gasteiger partial charge in [0.25, 0.3) is 0 Å². The molecule has 0 aliphatic heterocycles. The minimum absolute atomic E-state index is 0.0265. The van der Waals surface area contributed by atoms with E-state index in [4.69, 9.17) is 14.9 Å². The summed E-state index contributed by atoms with van der Waals surface area (Å²) < 4.78 is 24.8. The third kappa shape index (κ3) is 6.31. The summed E-state index contributed by atoms with van der Waals surface area (Å²) in [6.45, 7) is 13.8. The summed E-state index contributed by atoms with van der Waals surface area (Å²) in [5.74, 6) is 6.96. The minimum atomic E-state index is -3.43. The first-order valence-electron chi connectivity index (χ1n) is 10.4. The van der Waals surface area contributed by atoms with Crippen molar-refractivity contribution in [3.63, 3.8) is 0 Å². The molecule has 2 fully saturated rings. The average Bonchev–Trinajstić information content (AvgIpc) is 2.54. The summed E-state index contributed by atoms with van der Waals surface area (Å²) in [6.07, 6.45) is 8.07. The van der Waals surface area contributed by atoms with Gasteiger partial charge in [-0.05, 0) is 74.0 Å². The molecule has 0 unspecified atom stereocenters. The fourth-order valence-corrected chi connectivity index (χ4v) is 5.92. The maximum atomic E-state index is 13.0. The summed E-state index contributed by atoms with van der Waals surface area (Å²) >= 11 is 0. The van der Waals surface area contributed by atoms with E-state index in [0.29, 0.717) is 22.7 Å². The van der Waals surface area contributed by atoms with Gasteiger partial charge in [-0.2, -0.15) is 5.20 Å². The van der Waals surface area contributed by atoms with E-state index in [-0.39, 0.29) is 12.2 Å². The van der Waals surface area contributed by atoms with Crippen LogP contribution in [0.25, 0.3) is 0 Å². The second-order valence-electron chi connectivity index (χ2n) is 10.5. The lowest BCUT2D eigenvalue weighted by molar-refractivity contribution is 0.0383. The highest BCUT2D eigenvalue weighted by Crippen LogP contribution is 2.51. The van der Waals surface area contributed by atoms with Crippen LogP contribution in [0.4, 0.5) is 0 Å². The quantitative estimate of drug-likeness (QED) is 0.354. The van der Waals surface area contributed by atoms with Crippen LogP contribution in [0, 0.1) is 22.7 Å². The van der Waals surface area contributed by atoms with Crippen molar-refractivity contribution >= 4 is 7.75 Å². The van der Waals surface area contributed by atoms with E-state index < -0.39 is 7.75 Å². The molecule has 6 heteroatoms. The van der Waals surface area contributed by atoms with Crippen LogP contribution in [-0.4, -0.2) is 12.2 Å². The first kappa shape index (κ1) is 22.4. The molecule has 0 radical (unpaired) electrons. The first-order valence-corrected chi connectivity index (χ1v) is 11.9. The molecule has 5 nitrogen and oxygen atoms in total. The van der Waals surface area contributed by atoms with Crippen LogP contribution in [0.2, 0.25) is 0 Å². The van der Waals surface area contributed by atoms with Crippen molar-refractivity contribution in [2.75, 3.05) is 0 Å². The Hall–Kier alpha value is 0.0700. The zero-order chi connectivity index (χ0) is 19.6. The zero-order valence-electron chi connectivity index (χ0n) is 17.7. The van der Waals surface area contributed by atoms with E-state index in [1.54, 1.807) is 0 Å². The number of hydrogen-bond acceptors (Lipinski definition) is 4. The van der Waals surface area contributed by atoms with Gasteiger partial charge in [0.05, 0.1) is 12.2 Å². The topological polar surface area (TPSA) is 73.6 Å². The largest absolute Gasteiger partial charge is 0.419 e. The Labute approximate surface area is 160 Å². The molecule has 0 bridgehead atoms. The van der Waals surface area contributed by atoms with Gasteiger partial charge in [0, 0.05) is 0 Å². The van der Waals surface area contributed by atoms with E-state index in [1.165, 1.54) is 0 Å². The minimum Gasteiger partial charge on any atom is -0.293 e. The number of hydrazine groups is 1. The molecule has 2 aliphatic rings. The molecule has 0 aromatic carbocycles. The van der Waals surface area contributed by atoms with E-state index in [2.05, 4.69) is 46.7 Å². The van der Waals surface area contributed by atoms with Crippen LogP contribution in [0.3, 0.4) is 0 Å². The van der Waals surface area contributed by atoms with Gasteiger partial charge in [-0.1, -0.05) is 41.5 Å². The van der Waals surface area contributed by atoms with Gasteiger partial charge < -0.3 is 0 Å². The summed E-state index contributed by atoms with van der Waals surface area (Å²) in [7, 11) is -3.43. The lowest BCUT2D eigenvalue weighted by atomic mass is 9.72. The summed E-state index contributed by atoms with van der Waals surface area (Å²) in [5, 5.41) is 2.37. The molecule has 0 saturated heterocycles. The van der Waals surface area contributed by atoms with Crippen LogP contribution in [0.1, 0.15) is 92.9 Å². The van der Waals surface area contributed by atoms with Gasteiger partial charge in [0.2, 0.25) is 0 Å². The van der Waals surface area contributed by atoms with Crippen molar-refractivity contribution in [3.05, 3.63) is 0 Å². The highest BCUT2D eigenvalue weighted by Gasteiger charge is 2.37. The molecule has 2 saturated carbocycles. The molecule has 26 heavy (non-hydrogen) atoms. The Bertz CT molecular complexity index is 442. The van der Waals surface area contributed by atoms with Crippen LogP contribution < -0.4 is 11.0 Å². The van der Waals surface area contributed by atoms with Gasteiger partial charge in [0.15, 0.2) is 0 Å². The van der Waals surface area contributed by atoms with Gasteiger partial charge in [0.1, 0.15) is 0 Å². The Morgan fingerprint density at radius 3 is 1.27 bits per heavy atom. The summed E-state index contributed by atoms with van der Waals surface area (Å²) in [5.41, 5.74) is 0.645. The smallest absolute Gasteiger partial charge is 0.293 e. The van der Waals surface area contributed by atoms with Crippen molar-refractivity contribution in [2.24, 2.45) is 28.5 Å². The highest BCUT2D eigenvalue weighted by atomic mass is 31.2. The predicted octanol–water partition coefficient (Wildman–Crippen LogP) is 5.80. The van der Waals surface area contributed by atoms with Crippen LogP contribution >= 0.6 is 7.75 Å². The number of nitrogens with two attached hydrogens (primary N) is 1. The number of hydrogen-bond donors (Lipinski definition) is 2. The molecule has 2 rings (SSSR count). The molecule has 0 atom stereocenters. The average molecular weight is 389 g/mol. The molecule has 0 aromatic heterocycles. The van der Waals surface area contributed by atoms with Crippen LogP contribution in [-0.2, 0) is 13.6 Å². The standard InChI is InChI=1S/C20H41N2O3P/c1-19(2,3)15-7-11-17(12-8-15)24-26(23,22-21)25-18-13-9-16(10-14-18)20(4,5)6/h15-18H,7-14,21H2,1-6H3,(H,22,23). The van der Waals surface area contributed by atoms with Gasteiger partial charge in [-0.25, -0.2) is 4.57 Å². The SMILES string of the molecule is CC(C)(C)C1CCC(OP(=O)(NN)OC2CCC(C(C)(C)C)CC2)CC1. The van der Waals surface area contributed by atoms with Crippen molar-refractivity contribution in [3.8, 4) is 0 Å². The monoisotopic (exact) mass is 388 g/mol. The Morgan fingerprint density at radius 2 is 1.04 bits per heavy atom. The molecule has 0 heterocycles. The normalized spacial score (nSPS) is 33.7. The number of rotatable bonds is 5. The summed E-state index contributed by atoms with van der Waals surface area (Å²) in [4.78, 5) is 0. The van der Waals surface area contributed by atoms with E-state index in [9.17, 15) is 4.57 Å². The number of nitrogens with one attached hydrogen (secondary N) is 1. The maximum Gasteiger partial charge on any atom is 0.419 e. The Kier molecular flexibility index (Phi) is 7.41. The zero-order valence-corrected chi connectivity index (χ0v) is 18.6. The maximum absolute atomic E-state index is 13.0. The van der Waals surface area contributed by atoms with Crippen molar-refractivity contribution in [2.45, 2.75) is 105 Å². The van der Waals surface area contributed by atoms with E-state index >= 15 is 0 Å². The predicted molar refractivity (Wildman–Crippen MR) is 108 cm³/mol. The van der Waals surface area contributed by atoms with Crippen LogP contribution in [0.5, 0.6) is 0 Å². The molecule has 3 N–H and O–H groups in total. The molecular weight excluding hydrogens is 347 g/mol. The fourth-order valence-electron chi connectivity index (χ4n) is 4.55. The molecule has 0 aromatic rings. The first-order chi connectivity index (χ1) is 11.9. The van der Waals surface area contributed by atoms with E-state index in [1.807, 2.05) is 0 Å². The Balaban J connectivity index is 1.83. The third-order valence-corrected chi connectivity index (χ3v) is 8.00. The van der Waals surface area contributed by atoms with Gasteiger partial charge in [-0.3, -0.25) is 14.9 Å². The Morgan fingerprint density at radius 1 is 0.731 bits per heavy atom. The van der Waals surface area contributed by atoms with Crippen molar-refractivity contribution in [1.82, 2.24) is 5.20 Å². The molecule has 154 valence electrons. The molecule has 0 amide bonds. The third-order valence-electron chi connectivity index (χ3n) is 6.53. The van der Waals surface area contributed by atoms with Crippen molar-refractivity contribution in [1.29, 1.82) is 0 Å². The van der Waals surface area contributed by atoms with Gasteiger partial charge >= 0.3 is 7.75 Å². The lowest BCUT2D eigenvalue weighted by Gasteiger charge is -2.39. The molecule has 0 spiro atoms. The highest BCUT2D eigenvalue weighted by molar-refractivity contribution is 7.51. The molecular formula is C20H41N2O3P. The van der Waals surface area contributed by atoms with Gasteiger partial charge in [-0.15, -0.1) is 0 Å². The summed E-state index contributed by atoms with van der Waals surface area (Å²) in [6, 6.07) is 0. The second-order valence-corrected chi connectivity index (χ2v) is 12.2. The molecule has 2 aliphatic carbocycles. The lowest BCUT2D eigenvalue weighted by Crippen LogP contribution is -2.33. The second kappa shape index (κ2) is 8.61.